The van der Waals surface area contributed by atoms with Gasteiger partial charge in [-0.1, -0.05) is 11.2 Å². The van der Waals surface area contributed by atoms with Crippen molar-refractivity contribution < 1.29 is 9.94 Å². The number of nitrogens with two attached hydrogens (primary N) is 1. The highest BCUT2D eigenvalue weighted by Crippen LogP contribution is 2.31. The Morgan fingerprint density at radius 2 is 2.15 bits per heavy atom. The number of rotatable bonds is 4. The van der Waals surface area contributed by atoms with E-state index >= 15 is 0 Å². The largest absolute Gasteiger partial charge is 0.409 e. The lowest BCUT2D eigenvalue weighted by Crippen LogP contribution is -2.38. The predicted molar refractivity (Wildman–Crippen MR) is 83.0 cm³/mol. The van der Waals surface area contributed by atoms with Crippen molar-refractivity contribution in [1.82, 2.24) is 0 Å². The van der Waals surface area contributed by atoms with Gasteiger partial charge in [-0.25, -0.2) is 0 Å². The van der Waals surface area contributed by atoms with Gasteiger partial charge in [-0.3, -0.25) is 0 Å². The molecule has 0 aliphatic carbocycles. The fraction of sp³-hybridized carbons (Fsp3) is 0.500. The van der Waals surface area contributed by atoms with Crippen molar-refractivity contribution in [3.8, 4) is 0 Å². The van der Waals surface area contributed by atoms with Crippen LogP contribution in [0.25, 0.3) is 0 Å². The highest BCUT2D eigenvalue weighted by Gasteiger charge is 2.23. The van der Waals surface area contributed by atoms with Crippen molar-refractivity contribution in [2.24, 2.45) is 10.9 Å². The van der Waals surface area contributed by atoms with Crippen LogP contribution in [0.15, 0.2) is 28.3 Å². The molecular formula is C14H21N3O2S. The molecule has 0 atom stereocenters. The van der Waals surface area contributed by atoms with Gasteiger partial charge in [0, 0.05) is 30.8 Å². The van der Waals surface area contributed by atoms with E-state index in [0.717, 1.165) is 42.1 Å². The van der Waals surface area contributed by atoms with Crippen LogP contribution in [-0.2, 0) is 4.74 Å². The normalized spacial score (nSPS) is 17.5. The van der Waals surface area contributed by atoms with Crippen LogP contribution in [0.1, 0.15) is 18.4 Å². The summed E-state index contributed by atoms with van der Waals surface area (Å²) >= 11 is 1.60. The van der Waals surface area contributed by atoms with Gasteiger partial charge in [0.25, 0.3) is 0 Å². The van der Waals surface area contributed by atoms with Crippen LogP contribution in [0.5, 0.6) is 0 Å². The number of ether oxygens (including phenoxy) is 1. The lowest BCUT2D eigenvalue weighted by Gasteiger charge is -2.34. The van der Waals surface area contributed by atoms with Gasteiger partial charge in [-0.2, -0.15) is 0 Å². The molecule has 110 valence electrons. The maximum atomic E-state index is 9.03. The molecule has 1 aliphatic heterocycles. The van der Waals surface area contributed by atoms with E-state index in [1.807, 2.05) is 24.5 Å². The van der Waals surface area contributed by atoms with Gasteiger partial charge in [0.1, 0.15) is 0 Å². The number of methoxy groups -OCH3 is 1. The van der Waals surface area contributed by atoms with Crippen LogP contribution in [0.2, 0.25) is 0 Å². The molecule has 0 radical (unpaired) electrons. The third-order valence-electron chi connectivity index (χ3n) is 3.70. The molecule has 0 bridgehead atoms. The standard InChI is InChI=1S/C14H21N3O2S/c1-19-10-6-8-17(9-7-10)11-4-3-5-12(20-2)13(11)14(15)16-18/h3-5,10,18H,6-9H2,1-2H3,(H2,15,16). The molecule has 1 aromatic carbocycles. The average Bonchev–Trinajstić information content (AvgIpc) is 2.53. The smallest absolute Gasteiger partial charge is 0.173 e. The maximum absolute atomic E-state index is 9.03. The van der Waals surface area contributed by atoms with Crippen LogP contribution in [-0.4, -0.2) is 43.6 Å². The quantitative estimate of drug-likeness (QED) is 0.293. The number of benzene rings is 1. The Kier molecular flexibility index (Phi) is 5.14. The number of amidine groups is 1. The number of thioether (sulfide) groups is 1. The molecule has 1 aromatic rings. The summed E-state index contributed by atoms with van der Waals surface area (Å²) in [4.78, 5) is 3.30. The molecule has 1 heterocycles. The zero-order valence-electron chi connectivity index (χ0n) is 11.9. The second kappa shape index (κ2) is 6.85. The van der Waals surface area contributed by atoms with E-state index in [1.165, 1.54) is 0 Å². The van der Waals surface area contributed by atoms with Crippen molar-refractivity contribution in [2.45, 2.75) is 23.8 Å². The SMILES string of the molecule is COC1CCN(c2cccc(SC)c2/C(N)=N/O)CC1. The molecule has 0 aromatic heterocycles. The van der Waals surface area contributed by atoms with E-state index in [0.29, 0.717) is 6.10 Å². The minimum atomic E-state index is 0.166. The Balaban J connectivity index is 2.32. The summed E-state index contributed by atoms with van der Waals surface area (Å²) in [6.45, 7) is 1.84. The summed E-state index contributed by atoms with van der Waals surface area (Å²) in [6, 6.07) is 6.03. The lowest BCUT2D eigenvalue weighted by atomic mass is 10.0. The first-order valence-electron chi connectivity index (χ1n) is 6.64. The summed E-state index contributed by atoms with van der Waals surface area (Å²) in [7, 11) is 1.76. The Labute approximate surface area is 123 Å². The lowest BCUT2D eigenvalue weighted by molar-refractivity contribution is 0.0819. The first-order valence-corrected chi connectivity index (χ1v) is 7.86. The molecule has 0 saturated carbocycles. The van der Waals surface area contributed by atoms with Crippen molar-refractivity contribution in [2.75, 3.05) is 31.4 Å². The molecule has 6 heteroatoms. The molecule has 0 unspecified atom stereocenters. The van der Waals surface area contributed by atoms with Crippen molar-refractivity contribution in [1.29, 1.82) is 0 Å². The molecule has 2 rings (SSSR count). The number of anilines is 1. The van der Waals surface area contributed by atoms with E-state index in [9.17, 15) is 0 Å². The van der Waals surface area contributed by atoms with Crippen LogP contribution in [0.4, 0.5) is 5.69 Å². The first-order chi connectivity index (χ1) is 9.71. The number of oxime groups is 1. The Morgan fingerprint density at radius 1 is 1.45 bits per heavy atom. The number of hydrogen-bond acceptors (Lipinski definition) is 5. The monoisotopic (exact) mass is 295 g/mol. The molecular weight excluding hydrogens is 274 g/mol. The molecule has 1 saturated heterocycles. The zero-order valence-corrected chi connectivity index (χ0v) is 12.7. The van der Waals surface area contributed by atoms with E-state index in [1.54, 1.807) is 18.9 Å². The molecule has 5 nitrogen and oxygen atoms in total. The van der Waals surface area contributed by atoms with Crippen molar-refractivity contribution in [3.05, 3.63) is 23.8 Å². The van der Waals surface area contributed by atoms with Crippen molar-refractivity contribution in [3.63, 3.8) is 0 Å². The second-order valence-corrected chi connectivity index (χ2v) is 5.61. The van der Waals surface area contributed by atoms with Crippen LogP contribution in [0.3, 0.4) is 0 Å². The summed E-state index contributed by atoms with van der Waals surface area (Å²) < 4.78 is 5.40. The molecule has 20 heavy (non-hydrogen) atoms. The van der Waals surface area contributed by atoms with Gasteiger partial charge in [-0.15, -0.1) is 11.8 Å². The number of hydrogen-bond donors (Lipinski definition) is 2. The first kappa shape index (κ1) is 15.0. The molecule has 1 aliphatic rings. The van der Waals surface area contributed by atoms with Crippen molar-refractivity contribution >= 4 is 23.3 Å². The Hall–Kier alpha value is -1.40. The minimum absolute atomic E-state index is 0.166. The molecule has 0 spiro atoms. The van der Waals surface area contributed by atoms with Gasteiger partial charge >= 0.3 is 0 Å². The third-order valence-corrected chi connectivity index (χ3v) is 4.48. The highest BCUT2D eigenvalue weighted by molar-refractivity contribution is 7.98. The van der Waals surface area contributed by atoms with Gasteiger partial charge in [0.15, 0.2) is 5.84 Å². The maximum Gasteiger partial charge on any atom is 0.173 e. The minimum Gasteiger partial charge on any atom is -0.409 e. The summed E-state index contributed by atoms with van der Waals surface area (Å²) in [5, 5.41) is 12.2. The van der Waals surface area contributed by atoms with E-state index in [2.05, 4.69) is 10.1 Å². The average molecular weight is 295 g/mol. The number of piperidine rings is 1. The molecule has 3 N–H and O–H groups in total. The number of nitrogens with zero attached hydrogens (tertiary/aromatic N) is 2. The predicted octanol–water partition coefficient (Wildman–Crippen LogP) is 2.12. The van der Waals surface area contributed by atoms with Gasteiger partial charge in [0.2, 0.25) is 0 Å². The van der Waals surface area contributed by atoms with Crippen LogP contribution in [0, 0.1) is 0 Å². The van der Waals surface area contributed by atoms with Gasteiger partial charge < -0.3 is 20.6 Å². The van der Waals surface area contributed by atoms with Crippen LogP contribution >= 0.6 is 11.8 Å². The fourth-order valence-corrected chi connectivity index (χ4v) is 3.22. The summed E-state index contributed by atoms with van der Waals surface area (Å²) in [5.74, 6) is 0.166. The van der Waals surface area contributed by atoms with E-state index in [4.69, 9.17) is 15.7 Å². The Morgan fingerprint density at radius 3 is 2.70 bits per heavy atom. The van der Waals surface area contributed by atoms with Crippen LogP contribution < -0.4 is 10.6 Å². The summed E-state index contributed by atoms with van der Waals surface area (Å²) in [6.07, 6.45) is 4.32. The summed E-state index contributed by atoms with van der Waals surface area (Å²) in [5.41, 5.74) is 7.71. The second-order valence-electron chi connectivity index (χ2n) is 4.76. The van der Waals surface area contributed by atoms with Gasteiger partial charge in [-0.05, 0) is 31.2 Å². The van der Waals surface area contributed by atoms with E-state index < -0.39 is 0 Å². The molecule has 1 fully saturated rings. The zero-order chi connectivity index (χ0) is 14.5. The highest BCUT2D eigenvalue weighted by atomic mass is 32.2. The Bertz CT molecular complexity index is 485. The molecule has 0 amide bonds. The van der Waals surface area contributed by atoms with E-state index in [-0.39, 0.29) is 5.84 Å². The topological polar surface area (TPSA) is 71.1 Å². The third kappa shape index (κ3) is 3.02. The van der Waals surface area contributed by atoms with Gasteiger partial charge in [0.05, 0.1) is 11.7 Å². The fourth-order valence-electron chi connectivity index (χ4n) is 2.59.